The van der Waals surface area contributed by atoms with Gasteiger partial charge in [-0.3, -0.25) is 0 Å². The molecule has 3 nitrogen and oxygen atoms in total. The maximum Gasteiger partial charge on any atom is 0.0671 e. The summed E-state index contributed by atoms with van der Waals surface area (Å²) >= 11 is 0. The predicted molar refractivity (Wildman–Crippen MR) is 45.6 cm³/mol. The van der Waals surface area contributed by atoms with Crippen LogP contribution in [0.4, 0.5) is 0 Å². The highest BCUT2D eigenvalue weighted by atomic mass is 16.5. The molecular formula is C8H19NO2. The van der Waals surface area contributed by atoms with Crippen LogP contribution in [0.1, 0.15) is 20.8 Å². The van der Waals surface area contributed by atoms with Gasteiger partial charge in [0.25, 0.3) is 0 Å². The lowest BCUT2D eigenvalue weighted by Crippen LogP contribution is -2.32. The summed E-state index contributed by atoms with van der Waals surface area (Å²) in [5.74, 6) is 0. The molecule has 0 aliphatic rings. The van der Waals surface area contributed by atoms with Crippen LogP contribution in [-0.4, -0.2) is 37.0 Å². The van der Waals surface area contributed by atoms with Crippen molar-refractivity contribution < 1.29 is 9.84 Å². The maximum absolute atomic E-state index is 8.89. The molecule has 0 heterocycles. The first-order valence-electron chi connectivity index (χ1n) is 4.17. The van der Waals surface area contributed by atoms with Crippen molar-refractivity contribution >= 4 is 0 Å². The summed E-state index contributed by atoms with van der Waals surface area (Å²) in [6, 6.07) is 0. The predicted octanol–water partition coefficient (Wildman–Crippen LogP) is 0.382. The standard InChI is InChI=1S/C8H19NO2/c1-4-11-8(3)6-9-5-7(2)10/h7-10H,4-6H2,1-3H3/t7-,8?/m1/s1. The molecule has 0 amide bonds. The van der Waals surface area contributed by atoms with Crippen molar-refractivity contribution in [2.24, 2.45) is 0 Å². The molecule has 0 aromatic rings. The zero-order chi connectivity index (χ0) is 8.69. The van der Waals surface area contributed by atoms with Crippen molar-refractivity contribution in [1.29, 1.82) is 0 Å². The monoisotopic (exact) mass is 161 g/mol. The molecule has 0 spiro atoms. The highest BCUT2D eigenvalue weighted by Crippen LogP contribution is 1.87. The molecular weight excluding hydrogens is 142 g/mol. The van der Waals surface area contributed by atoms with Crippen LogP contribution in [0.3, 0.4) is 0 Å². The minimum atomic E-state index is -0.274. The number of rotatable bonds is 6. The smallest absolute Gasteiger partial charge is 0.0671 e. The highest BCUT2D eigenvalue weighted by Gasteiger charge is 2.00. The summed E-state index contributed by atoms with van der Waals surface area (Å²) in [7, 11) is 0. The Morgan fingerprint density at radius 2 is 2.00 bits per heavy atom. The Hall–Kier alpha value is -0.120. The number of nitrogens with one attached hydrogen (secondary N) is 1. The van der Waals surface area contributed by atoms with Crippen molar-refractivity contribution in [2.45, 2.75) is 33.0 Å². The number of aliphatic hydroxyl groups excluding tert-OH is 1. The van der Waals surface area contributed by atoms with Crippen LogP contribution in [0, 0.1) is 0 Å². The first-order valence-corrected chi connectivity index (χ1v) is 4.17. The third kappa shape index (κ3) is 7.78. The van der Waals surface area contributed by atoms with Gasteiger partial charge in [-0.2, -0.15) is 0 Å². The van der Waals surface area contributed by atoms with E-state index in [0.717, 1.165) is 13.2 Å². The summed E-state index contributed by atoms with van der Waals surface area (Å²) in [5, 5.41) is 12.0. The average Bonchev–Trinajstić information content (AvgIpc) is 1.87. The quantitative estimate of drug-likeness (QED) is 0.592. The molecule has 0 saturated heterocycles. The van der Waals surface area contributed by atoms with E-state index in [9.17, 15) is 0 Å². The van der Waals surface area contributed by atoms with Crippen molar-refractivity contribution in [3.63, 3.8) is 0 Å². The van der Waals surface area contributed by atoms with Gasteiger partial charge in [0.1, 0.15) is 0 Å². The van der Waals surface area contributed by atoms with E-state index in [1.54, 1.807) is 6.92 Å². The van der Waals surface area contributed by atoms with E-state index in [2.05, 4.69) is 5.32 Å². The zero-order valence-electron chi connectivity index (χ0n) is 7.63. The molecule has 2 N–H and O–H groups in total. The van der Waals surface area contributed by atoms with Crippen LogP contribution < -0.4 is 5.32 Å². The Morgan fingerprint density at radius 1 is 1.36 bits per heavy atom. The van der Waals surface area contributed by atoms with Crippen molar-refractivity contribution in [2.75, 3.05) is 19.7 Å². The first-order chi connectivity index (χ1) is 5.16. The Labute approximate surface area is 68.8 Å². The van der Waals surface area contributed by atoms with Gasteiger partial charge < -0.3 is 15.2 Å². The molecule has 11 heavy (non-hydrogen) atoms. The molecule has 0 bridgehead atoms. The molecule has 0 aromatic carbocycles. The molecule has 0 fully saturated rings. The third-order valence-electron chi connectivity index (χ3n) is 1.32. The molecule has 0 radical (unpaired) electrons. The molecule has 2 atom stereocenters. The van der Waals surface area contributed by atoms with E-state index < -0.39 is 0 Å². The van der Waals surface area contributed by atoms with Crippen LogP contribution in [0.25, 0.3) is 0 Å². The van der Waals surface area contributed by atoms with Crippen LogP contribution in [0.5, 0.6) is 0 Å². The second-order valence-electron chi connectivity index (χ2n) is 2.77. The molecule has 0 rings (SSSR count). The van der Waals surface area contributed by atoms with Crippen molar-refractivity contribution in [1.82, 2.24) is 5.32 Å². The summed E-state index contributed by atoms with van der Waals surface area (Å²) in [4.78, 5) is 0. The third-order valence-corrected chi connectivity index (χ3v) is 1.32. The van der Waals surface area contributed by atoms with Gasteiger partial charge in [0, 0.05) is 19.7 Å². The fraction of sp³-hybridized carbons (Fsp3) is 1.00. The molecule has 68 valence electrons. The molecule has 0 aliphatic heterocycles. The Balaban J connectivity index is 3.10. The van der Waals surface area contributed by atoms with Gasteiger partial charge in [-0.1, -0.05) is 0 Å². The molecule has 0 aliphatic carbocycles. The maximum atomic E-state index is 8.89. The summed E-state index contributed by atoms with van der Waals surface area (Å²) in [6.45, 7) is 7.94. The summed E-state index contributed by atoms with van der Waals surface area (Å²) in [5.41, 5.74) is 0. The Bertz CT molecular complexity index is 86.2. The van der Waals surface area contributed by atoms with E-state index in [4.69, 9.17) is 9.84 Å². The van der Waals surface area contributed by atoms with Gasteiger partial charge in [0.05, 0.1) is 12.2 Å². The normalized spacial score (nSPS) is 16.4. The van der Waals surface area contributed by atoms with E-state index >= 15 is 0 Å². The zero-order valence-corrected chi connectivity index (χ0v) is 7.63. The number of aliphatic hydroxyl groups is 1. The second kappa shape index (κ2) is 6.58. The first kappa shape index (κ1) is 10.9. The molecule has 1 unspecified atom stereocenters. The Morgan fingerprint density at radius 3 is 2.45 bits per heavy atom. The number of ether oxygens (including phenoxy) is 1. The van der Waals surface area contributed by atoms with Crippen LogP contribution in [0.15, 0.2) is 0 Å². The van der Waals surface area contributed by atoms with Crippen LogP contribution >= 0.6 is 0 Å². The lowest BCUT2D eigenvalue weighted by atomic mass is 10.3. The van der Waals surface area contributed by atoms with Gasteiger partial charge in [-0.25, -0.2) is 0 Å². The van der Waals surface area contributed by atoms with Gasteiger partial charge in [-0.05, 0) is 20.8 Å². The van der Waals surface area contributed by atoms with Crippen LogP contribution in [0.2, 0.25) is 0 Å². The topological polar surface area (TPSA) is 41.5 Å². The lowest BCUT2D eigenvalue weighted by molar-refractivity contribution is 0.0732. The van der Waals surface area contributed by atoms with E-state index in [-0.39, 0.29) is 12.2 Å². The number of hydrogen-bond donors (Lipinski definition) is 2. The minimum absolute atomic E-state index is 0.235. The lowest BCUT2D eigenvalue weighted by Gasteiger charge is -2.13. The van der Waals surface area contributed by atoms with E-state index in [1.165, 1.54) is 0 Å². The second-order valence-corrected chi connectivity index (χ2v) is 2.77. The van der Waals surface area contributed by atoms with Crippen molar-refractivity contribution in [3.05, 3.63) is 0 Å². The van der Waals surface area contributed by atoms with Crippen molar-refractivity contribution in [3.8, 4) is 0 Å². The number of hydrogen-bond acceptors (Lipinski definition) is 3. The fourth-order valence-corrected chi connectivity index (χ4v) is 0.839. The summed E-state index contributed by atoms with van der Waals surface area (Å²) < 4.78 is 5.28. The van der Waals surface area contributed by atoms with Crippen LogP contribution in [-0.2, 0) is 4.74 Å². The van der Waals surface area contributed by atoms with Gasteiger partial charge in [-0.15, -0.1) is 0 Å². The minimum Gasteiger partial charge on any atom is -0.392 e. The molecule has 0 saturated carbocycles. The van der Waals surface area contributed by atoms with Gasteiger partial charge in [0.2, 0.25) is 0 Å². The van der Waals surface area contributed by atoms with E-state index in [1.807, 2.05) is 13.8 Å². The molecule has 3 heteroatoms. The van der Waals surface area contributed by atoms with Gasteiger partial charge in [0.15, 0.2) is 0 Å². The fourth-order valence-electron chi connectivity index (χ4n) is 0.839. The highest BCUT2D eigenvalue weighted by molar-refractivity contribution is 4.57. The summed E-state index contributed by atoms with van der Waals surface area (Å²) in [6.07, 6.45) is -0.0393. The van der Waals surface area contributed by atoms with Gasteiger partial charge >= 0.3 is 0 Å². The molecule has 0 aromatic heterocycles. The largest absolute Gasteiger partial charge is 0.392 e. The van der Waals surface area contributed by atoms with E-state index in [0.29, 0.717) is 6.54 Å². The average molecular weight is 161 g/mol. The SMILES string of the molecule is CCOC(C)CNC[C@@H](C)O. The Kier molecular flexibility index (Phi) is 6.51.